The second kappa shape index (κ2) is 8.48. The summed E-state index contributed by atoms with van der Waals surface area (Å²) < 4.78 is 13.2. The molecule has 0 radical (unpaired) electrons. The van der Waals surface area contributed by atoms with Gasteiger partial charge in [0.05, 0.1) is 10.7 Å². The second-order valence-electron chi connectivity index (χ2n) is 7.66. The Morgan fingerprint density at radius 2 is 1.96 bits per heavy atom. The number of hydrogen-bond acceptors (Lipinski definition) is 4. The molecule has 2 aromatic rings. The number of aryl methyl sites for hydroxylation is 2. The van der Waals surface area contributed by atoms with Gasteiger partial charge in [0.25, 0.3) is 5.91 Å². The summed E-state index contributed by atoms with van der Waals surface area (Å²) in [6.45, 7) is 11.5. The van der Waals surface area contributed by atoms with Gasteiger partial charge in [0.1, 0.15) is 10.7 Å². The van der Waals surface area contributed by atoms with Gasteiger partial charge in [0, 0.05) is 32.2 Å². The van der Waals surface area contributed by atoms with Crippen LogP contribution in [0.5, 0.6) is 0 Å². The number of benzene rings is 1. The third-order valence-corrected chi connectivity index (χ3v) is 6.26. The van der Waals surface area contributed by atoms with Crippen LogP contribution in [0.3, 0.4) is 0 Å². The molecule has 1 atom stereocenters. The Hall–Kier alpha value is -1.79. The van der Waals surface area contributed by atoms with E-state index in [-0.39, 0.29) is 17.8 Å². The molecule has 0 bridgehead atoms. The lowest BCUT2D eigenvalue weighted by Gasteiger charge is -2.34. The Morgan fingerprint density at radius 3 is 2.56 bits per heavy atom. The Kier molecular flexibility index (Phi) is 6.27. The number of carbonyl (C=O) groups is 1. The van der Waals surface area contributed by atoms with E-state index in [4.69, 9.17) is 0 Å². The van der Waals surface area contributed by atoms with E-state index in [1.807, 2.05) is 30.9 Å². The standard InChI is InChI=1S/C21H28FN3OS/c1-14(2)19-13-25(21(26)20-15(3)23-16(4)27-20)11-5-10-24(19)12-17-6-8-18(22)9-7-17/h6-9,14,19H,5,10-13H2,1-4H3/t19-/m1/s1. The van der Waals surface area contributed by atoms with Crippen LogP contribution in [0, 0.1) is 25.6 Å². The van der Waals surface area contributed by atoms with Crippen molar-refractivity contribution < 1.29 is 9.18 Å². The van der Waals surface area contributed by atoms with Crippen LogP contribution in [0.4, 0.5) is 4.39 Å². The van der Waals surface area contributed by atoms with Crippen LogP contribution in [0.15, 0.2) is 24.3 Å². The Morgan fingerprint density at radius 1 is 1.26 bits per heavy atom. The van der Waals surface area contributed by atoms with Crippen molar-refractivity contribution in [3.63, 3.8) is 0 Å². The summed E-state index contributed by atoms with van der Waals surface area (Å²) in [7, 11) is 0. The first-order chi connectivity index (χ1) is 12.8. The predicted molar refractivity (Wildman–Crippen MR) is 108 cm³/mol. The lowest BCUT2D eigenvalue weighted by molar-refractivity contribution is 0.0706. The number of nitrogens with zero attached hydrogens (tertiary/aromatic N) is 3. The summed E-state index contributed by atoms with van der Waals surface area (Å²) in [5, 5.41) is 0.934. The molecule has 0 unspecified atom stereocenters. The normalized spacial score (nSPS) is 18.7. The van der Waals surface area contributed by atoms with Crippen molar-refractivity contribution in [3.8, 4) is 0 Å². The highest BCUT2D eigenvalue weighted by molar-refractivity contribution is 7.13. The van der Waals surface area contributed by atoms with E-state index < -0.39 is 0 Å². The minimum atomic E-state index is -0.206. The van der Waals surface area contributed by atoms with Crippen molar-refractivity contribution in [1.29, 1.82) is 0 Å². The van der Waals surface area contributed by atoms with Crippen molar-refractivity contribution >= 4 is 17.2 Å². The van der Waals surface area contributed by atoms with E-state index in [1.54, 1.807) is 0 Å². The largest absolute Gasteiger partial charge is 0.336 e. The Labute approximate surface area is 165 Å². The van der Waals surface area contributed by atoms with E-state index in [1.165, 1.54) is 23.5 Å². The fourth-order valence-corrected chi connectivity index (χ4v) is 4.66. The number of halogens is 1. The highest BCUT2D eigenvalue weighted by Gasteiger charge is 2.31. The molecule has 1 aromatic heterocycles. The average molecular weight is 390 g/mol. The average Bonchev–Trinajstić information content (AvgIpc) is 2.83. The van der Waals surface area contributed by atoms with Gasteiger partial charge < -0.3 is 4.90 Å². The van der Waals surface area contributed by atoms with Gasteiger partial charge in [0.2, 0.25) is 0 Å². The van der Waals surface area contributed by atoms with E-state index in [2.05, 4.69) is 23.7 Å². The molecule has 1 aromatic carbocycles. The van der Waals surface area contributed by atoms with Crippen LogP contribution >= 0.6 is 11.3 Å². The van der Waals surface area contributed by atoms with Crippen molar-refractivity contribution in [3.05, 3.63) is 51.2 Å². The first kappa shape index (κ1) is 20.0. The smallest absolute Gasteiger partial charge is 0.265 e. The number of hydrogen-bond donors (Lipinski definition) is 0. The highest BCUT2D eigenvalue weighted by Crippen LogP contribution is 2.24. The molecular formula is C21H28FN3OS. The molecule has 1 saturated heterocycles. The molecule has 1 amide bonds. The number of rotatable bonds is 4. The van der Waals surface area contributed by atoms with E-state index >= 15 is 0 Å². The molecule has 6 heteroatoms. The lowest BCUT2D eigenvalue weighted by Crippen LogP contribution is -2.45. The third kappa shape index (κ3) is 4.74. The fourth-order valence-electron chi connectivity index (χ4n) is 3.77. The maximum Gasteiger partial charge on any atom is 0.265 e. The molecule has 1 fully saturated rings. The topological polar surface area (TPSA) is 36.4 Å². The molecule has 1 aliphatic rings. The van der Waals surface area contributed by atoms with E-state index in [9.17, 15) is 9.18 Å². The fraction of sp³-hybridized carbons (Fsp3) is 0.524. The summed E-state index contributed by atoms with van der Waals surface area (Å²) in [6.07, 6.45) is 0.937. The van der Waals surface area contributed by atoms with Crippen LogP contribution < -0.4 is 0 Å². The first-order valence-corrected chi connectivity index (χ1v) is 10.4. The van der Waals surface area contributed by atoms with Gasteiger partial charge in [-0.3, -0.25) is 9.69 Å². The molecule has 27 heavy (non-hydrogen) atoms. The molecular weight excluding hydrogens is 361 g/mol. The Balaban J connectivity index is 1.77. The first-order valence-electron chi connectivity index (χ1n) is 9.57. The predicted octanol–water partition coefficient (Wildman–Crippen LogP) is 4.27. The molecule has 0 N–H and O–H groups in total. The zero-order chi connectivity index (χ0) is 19.6. The van der Waals surface area contributed by atoms with Gasteiger partial charge in [-0.2, -0.15) is 0 Å². The second-order valence-corrected chi connectivity index (χ2v) is 8.86. The zero-order valence-corrected chi connectivity index (χ0v) is 17.4. The molecule has 0 aliphatic carbocycles. The van der Waals surface area contributed by atoms with Crippen LogP contribution in [0.2, 0.25) is 0 Å². The Bertz CT molecular complexity index is 787. The number of aromatic nitrogens is 1. The molecule has 0 spiro atoms. The summed E-state index contributed by atoms with van der Waals surface area (Å²) in [5.41, 5.74) is 1.94. The van der Waals surface area contributed by atoms with Gasteiger partial charge in [-0.15, -0.1) is 11.3 Å². The van der Waals surface area contributed by atoms with E-state index in [0.717, 1.165) is 47.2 Å². The van der Waals surface area contributed by atoms with Gasteiger partial charge in [-0.05, 0) is 43.9 Å². The minimum Gasteiger partial charge on any atom is -0.336 e. The van der Waals surface area contributed by atoms with Crippen LogP contribution in [0.25, 0.3) is 0 Å². The quantitative estimate of drug-likeness (QED) is 0.783. The van der Waals surface area contributed by atoms with Gasteiger partial charge in [-0.1, -0.05) is 26.0 Å². The maximum absolute atomic E-state index is 13.2. The van der Waals surface area contributed by atoms with Crippen molar-refractivity contribution in [2.45, 2.75) is 46.7 Å². The number of carbonyl (C=O) groups excluding carboxylic acids is 1. The van der Waals surface area contributed by atoms with Gasteiger partial charge >= 0.3 is 0 Å². The maximum atomic E-state index is 13.2. The lowest BCUT2D eigenvalue weighted by atomic mass is 10.0. The molecule has 4 nitrogen and oxygen atoms in total. The van der Waals surface area contributed by atoms with Crippen molar-refractivity contribution in [2.75, 3.05) is 19.6 Å². The zero-order valence-electron chi connectivity index (χ0n) is 16.5. The molecule has 3 rings (SSSR count). The van der Waals surface area contributed by atoms with Gasteiger partial charge in [0.15, 0.2) is 0 Å². The van der Waals surface area contributed by atoms with Crippen LogP contribution in [0.1, 0.15) is 46.2 Å². The number of amides is 1. The SMILES string of the molecule is Cc1nc(C)c(C(=O)N2CCCN(Cc3ccc(F)cc3)[C@@H](C(C)C)C2)s1. The van der Waals surface area contributed by atoms with Gasteiger partial charge in [-0.25, -0.2) is 9.37 Å². The number of thiazole rings is 1. The molecule has 2 heterocycles. The summed E-state index contributed by atoms with van der Waals surface area (Å²) in [5.74, 6) is 0.317. The third-order valence-electron chi connectivity index (χ3n) is 5.20. The van der Waals surface area contributed by atoms with Crippen molar-refractivity contribution in [1.82, 2.24) is 14.8 Å². The van der Waals surface area contributed by atoms with E-state index in [0.29, 0.717) is 12.5 Å². The summed E-state index contributed by atoms with van der Waals surface area (Å²) in [6, 6.07) is 7.01. The molecule has 1 aliphatic heterocycles. The summed E-state index contributed by atoms with van der Waals surface area (Å²) >= 11 is 1.49. The minimum absolute atomic E-state index is 0.104. The van der Waals surface area contributed by atoms with Crippen LogP contribution in [-0.2, 0) is 6.54 Å². The molecule has 146 valence electrons. The monoisotopic (exact) mass is 389 g/mol. The van der Waals surface area contributed by atoms with Crippen LogP contribution in [-0.4, -0.2) is 46.4 Å². The molecule has 0 saturated carbocycles. The van der Waals surface area contributed by atoms with Crippen molar-refractivity contribution in [2.24, 2.45) is 5.92 Å². The summed E-state index contributed by atoms with van der Waals surface area (Å²) in [4.78, 5) is 22.7. The highest BCUT2D eigenvalue weighted by atomic mass is 32.1.